The van der Waals surface area contributed by atoms with Gasteiger partial charge in [-0.3, -0.25) is 9.69 Å². The molecule has 1 aromatic rings. The van der Waals surface area contributed by atoms with Crippen LogP contribution in [0.1, 0.15) is 31.9 Å². The summed E-state index contributed by atoms with van der Waals surface area (Å²) in [7, 11) is 0. The molecule has 1 aliphatic heterocycles. The fourth-order valence-corrected chi connectivity index (χ4v) is 3.34. The van der Waals surface area contributed by atoms with E-state index in [2.05, 4.69) is 0 Å². The lowest BCUT2D eigenvalue weighted by molar-refractivity contribution is -0.310. The highest BCUT2D eigenvalue weighted by atomic mass is 32.2. The predicted octanol–water partition coefficient (Wildman–Crippen LogP) is 1.79. The number of carbonyl (C=O) groups is 2. The SMILES string of the molecule is CCCC[C@H](C(=O)[O-])N1C(=O)C(=Cc2ccco2)SC1=S. The number of amides is 1. The molecule has 1 fully saturated rings. The zero-order valence-electron chi connectivity index (χ0n) is 11.4. The van der Waals surface area contributed by atoms with Crippen molar-refractivity contribution >= 4 is 46.3 Å². The van der Waals surface area contributed by atoms with Crippen LogP contribution in [0, 0.1) is 0 Å². The minimum atomic E-state index is -1.28. The van der Waals surface area contributed by atoms with Gasteiger partial charge in [0.1, 0.15) is 10.1 Å². The smallest absolute Gasteiger partial charge is 0.266 e. The van der Waals surface area contributed by atoms with Crippen LogP contribution in [0.4, 0.5) is 0 Å². The van der Waals surface area contributed by atoms with Gasteiger partial charge in [-0.15, -0.1) is 0 Å². The summed E-state index contributed by atoms with van der Waals surface area (Å²) in [5.74, 6) is -1.17. The molecule has 0 N–H and O–H groups in total. The number of thiocarbonyl (C=S) groups is 1. The number of furan rings is 1. The second-order valence-electron chi connectivity index (χ2n) is 4.54. The summed E-state index contributed by atoms with van der Waals surface area (Å²) in [6.07, 6.45) is 4.91. The summed E-state index contributed by atoms with van der Waals surface area (Å²) in [5.41, 5.74) is 0. The van der Waals surface area contributed by atoms with Crippen molar-refractivity contribution in [3.8, 4) is 0 Å². The van der Waals surface area contributed by atoms with Crippen LogP contribution in [0.15, 0.2) is 27.7 Å². The zero-order valence-corrected chi connectivity index (χ0v) is 13.0. The molecule has 0 radical (unpaired) electrons. The van der Waals surface area contributed by atoms with Gasteiger partial charge in [-0.1, -0.05) is 43.7 Å². The Morgan fingerprint density at radius 1 is 1.62 bits per heavy atom. The van der Waals surface area contributed by atoms with Crippen molar-refractivity contribution in [2.75, 3.05) is 0 Å². The number of nitrogens with zero attached hydrogens (tertiary/aromatic N) is 1. The molecule has 0 saturated carbocycles. The lowest BCUT2D eigenvalue weighted by atomic mass is 10.1. The quantitative estimate of drug-likeness (QED) is 0.587. The normalized spacial score (nSPS) is 18.5. The van der Waals surface area contributed by atoms with Crippen LogP contribution in [0.3, 0.4) is 0 Å². The molecule has 1 aliphatic rings. The number of carboxylic acids is 1. The average molecular weight is 324 g/mol. The number of carbonyl (C=O) groups excluding carboxylic acids is 2. The van der Waals surface area contributed by atoms with Gasteiger partial charge in [0.15, 0.2) is 0 Å². The maximum Gasteiger partial charge on any atom is 0.266 e. The van der Waals surface area contributed by atoms with Crippen molar-refractivity contribution in [1.82, 2.24) is 4.90 Å². The lowest BCUT2D eigenvalue weighted by Crippen LogP contribution is -2.49. The van der Waals surface area contributed by atoms with E-state index in [-0.39, 0.29) is 4.32 Å². The number of rotatable bonds is 6. The van der Waals surface area contributed by atoms with E-state index < -0.39 is 17.9 Å². The molecule has 21 heavy (non-hydrogen) atoms. The van der Waals surface area contributed by atoms with Crippen molar-refractivity contribution in [3.05, 3.63) is 29.1 Å². The monoisotopic (exact) mass is 324 g/mol. The summed E-state index contributed by atoms with van der Waals surface area (Å²) in [6.45, 7) is 1.95. The van der Waals surface area contributed by atoms with E-state index in [0.29, 0.717) is 23.5 Å². The van der Waals surface area contributed by atoms with E-state index in [1.165, 1.54) is 6.26 Å². The van der Waals surface area contributed by atoms with Gasteiger partial charge in [0.2, 0.25) is 0 Å². The number of hydrogen-bond acceptors (Lipinski definition) is 6. The summed E-state index contributed by atoms with van der Waals surface area (Å²) >= 11 is 6.22. The van der Waals surface area contributed by atoms with Gasteiger partial charge in [-0.25, -0.2) is 0 Å². The van der Waals surface area contributed by atoms with E-state index in [1.54, 1.807) is 18.2 Å². The van der Waals surface area contributed by atoms with Crippen LogP contribution in [0.25, 0.3) is 6.08 Å². The van der Waals surface area contributed by atoms with Crippen LogP contribution in [0.2, 0.25) is 0 Å². The molecule has 1 atom stereocenters. The van der Waals surface area contributed by atoms with E-state index in [4.69, 9.17) is 16.6 Å². The highest BCUT2D eigenvalue weighted by Gasteiger charge is 2.37. The van der Waals surface area contributed by atoms with Gasteiger partial charge in [0.05, 0.1) is 23.2 Å². The highest BCUT2D eigenvalue weighted by Crippen LogP contribution is 2.34. The first-order valence-corrected chi connectivity index (χ1v) is 7.78. The molecule has 2 heterocycles. The number of carboxylic acid groups (broad SMARTS) is 1. The van der Waals surface area contributed by atoms with Crippen molar-refractivity contribution in [1.29, 1.82) is 0 Å². The number of unbranched alkanes of at least 4 members (excludes halogenated alkanes) is 1. The Kier molecular flexibility index (Phi) is 5.19. The number of thioether (sulfide) groups is 1. The van der Waals surface area contributed by atoms with Crippen molar-refractivity contribution in [2.45, 2.75) is 32.2 Å². The van der Waals surface area contributed by atoms with Crippen molar-refractivity contribution < 1.29 is 19.1 Å². The third-order valence-electron chi connectivity index (χ3n) is 3.05. The van der Waals surface area contributed by atoms with E-state index >= 15 is 0 Å². The largest absolute Gasteiger partial charge is 0.548 e. The molecule has 112 valence electrons. The van der Waals surface area contributed by atoms with Crippen LogP contribution in [-0.4, -0.2) is 27.1 Å². The Bertz CT molecular complexity index is 580. The highest BCUT2D eigenvalue weighted by molar-refractivity contribution is 8.26. The maximum absolute atomic E-state index is 12.4. The zero-order chi connectivity index (χ0) is 15.4. The van der Waals surface area contributed by atoms with E-state index in [1.807, 2.05) is 6.92 Å². The summed E-state index contributed by atoms with van der Waals surface area (Å²) in [6, 6.07) is 2.40. The Morgan fingerprint density at radius 2 is 2.38 bits per heavy atom. The van der Waals surface area contributed by atoms with Gasteiger partial charge in [0, 0.05) is 6.08 Å². The Hall–Kier alpha value is -1.60. The Labute approximate surface area is 132 Å². The molecule has 1 saturated heterocycles. The molecule has 1 amide bonds. The molecule has 2 rings (SSSR count). The third-order valence-corrected chi connectivity index (χ3v) is 4.39. The summed E-state index contributed by atoms with van der Waals surface area (Å²) in [4.78, 5) is 25.2. The third kappa shape index (κ3) is 3.54. The first-order chi connectivity index (χ1) is 10.0. The molecule has 0 bridgehead atoms. The minimum Gasteiger partial charge on any atom is -0.548 e. The van der Waals surface area contributed by atoms with Crippen LogP contribution < -0.4 is 5.11 Å². The molecule has 0 aromatic carbocycles. The first kappa shape index (κ1) is 15.8. The number of hydrogen-bond donors (Lipinski definition) is 0. The van der Waals surface area contributed by atoms with Crippen LogP contribution >= 0.6 is 24.0 Å². The molecule has 7 heteroatoms. The lowest BCUT2D eigenvalue weighted by Gasteiger charge is -2.27. The molecular weight excluding hydrogens is 310 g/mol. The second-order valence-corrected chi connectivity index (χ2v) is 6.22. The van der Waals surface area contributed by atoms with Gasteiger partial charge in [0.25, 0.3) is 5.91 Å². The predicted molar refractivity (Wildman–Crippen MR) is 82.0 cm³/mol. The molecule has 0 spiro atoms. The van der Waals surface area contributed by atoms with E-state index in [9.17, 15) is 14.7 Å². The fourth-order valence-electron chi connectivity index (χ4n) is 2.00. The molecule has 5 nitrogen and oxygen atoms in total. The molecule has 0 unspecified atom stereocenters. The minimum absolute atomic E-state index is 0.239. The second kappa shape index (κ2) is 6.91. The molecule has 1 aromatic heterocycles. The topological polar surface area (TPSA) is 73.6 Å². The standard InChI is InChI=1S/C14H15NO4S2/c1-2-3-6-10(13(17)18)15-12(16)11(21-14(15)20)8-9-5-4-7-19-9/h4-5,7-8,10H,2-3,6H2,1H3,(H,17,18)/p-1/t10-/m1/s1. The van der Waals surface area contributed by atoms with Gasteiger partial charge in [-0.05, 0) is 18.6 Å². The number of aliphatic carboxylic acids is 1. The Morgan fingerprint density at radius 3 is 2.95 bits per heavy atom. The Balaban J connectivity index is 2.22. The summed E-state index contributed by atoms with van der Waals surface area (Å²) < 4.78 is 5.39. The van der Waals surface area contributed by atoms with Crippen molar-refractivity contribution in [3.63, 3.8) is 0 Å². The maximum atomic E-state index is 12.4. The van der Waals surface area contributed by atoms with Crippen LogP contribution in [0.5, 0.6) is 0 Å². The average Bonchev–Trinajstić information content (AvgIpc) is 3.02. The fraction of sp³-hybridized carbons (Fsp3) is 0.357. The molecule has 0 aliphatic carbocycles. The molecular formula is C14H14NO4S2-. The first-order valence-electron chi connectivity index (χ1n) is 6.56. The van der Waals surface area contributed by atoms with Gasteiger partial charge < -0.3 is 14.3 Å². The van der Waals surface area contributed by atoms with E-state index in [0.717, 1.165) is 23.1 Å². The van der Waals surface area contributed by atoms with Crippen molar-refractivity contribution in [2.24, 2.45) is 0 Å². The van der Waals surface area contributed by atoms with Gasteiger partial charge in [-0.2, -0.15) is 0 Å². The van der Waals surface area contributed by atoms with Crippen LogP contribution in [-0.2, 0) is 9.59 Å². The van der Waals surface area contributed by atoms with Gasteiger partial charge >= 0.3 is 0 Å². The summed E-state index contributed by atoms with van der Waals surface area (Å²) in [5, 5.41) is 11.3.